The van der Waals surface area contributed by atoms with Gasteiger partial charge >= 0.3 is 5.97 Å². The first kappa shape index (κ1) is 13.7. The second-order valence-corrected chi connectivity index (χ2v) is 5.14. The van der Waals surface area contributed by atoms with Crippen molar-refractivity contribution in [2.24, 2.45) is 5.92 Å². The average Bonchev–Trinajstić information content (AvgIpc) is 2.63. The van der Waals surface area contributed by atoms with Gasteiger partial charge in [0.15, 0.2) is 0 Å². The Labute approximate surface area is 112 Å². The van der Waals surface area contributed by atoms with E-state index in [4.69, 9.17) is 4.74 Å². The maximum atomic E-state index is 11.6. The lowest BCUT2D eigenvalue weighted by atomic mass is 9.86. The summed E-state index contributed by atoms with van der Waals surface area (Å²) < 4.78 is 5.22. The Morgan fingerprint density at radius 3 is 2.95 bits per heavy atom. The summed E-state index contributed by atoms with van der Waals surface area (Å²) in [5, 5.41) is 10.2. The number of hydrogen-bond donors (Lipinski definition) is 1. The molecule has 1 aliphatic carbocycles. The fraction of sp³-hybridized carbons (Fsp3) is 0.467. The topological polar surface area (TPSA) is 63.6 Å². The Hall–Kier alpha value is -1.68. The van der Waals surface area contributed by atoms with Crippen molar-refractivity contribution in [3.63, 3.8) is 0 Å². The number of aliphatic hydroxyl groups excluding tert-OH is 1. The Morgan fingerprint density at radius 1 is 1.53 bits per heavy atom. The molecule has 0 radical (unpaired) electrons. The highest BCUT2D eigenvalue weighted by atomic mass is 16.6. The average molecular weight is 262 g/mol. The molecule has 1 fully saturated rings. The molecule has 102 valence electrons. The summed E-state index contributed by atoms with van der Waals surface area (Å²) in [4.78, 5) is 22.6. The first-order valence-corrected chi connectivity index (χ1v) is 6.42. The van der Waals surface area contributed by atoms with Gasteiger partial charge in [0.2, 0.25) is 0 Å². The van der Waals surface area contributed by atoms with Crippen molar-refractivity contribution in [2.75, 3.05) is 0 Å². The zero-order valence-corrected chi connectivity index (χ0v) is 11.0. The molecule has 1 N–H and O–H groups in total. The molecule has 0 aromatic heterocycles. The number of carbonyl (C=O) groups excluding carboxylic acids is 2. The third-order valence-corrected chi connectivity index (χ3v) is 3.68. The summed E-state index contributed by atoms with van der Waals surface area (Å²) in [5.41, 5.74) is 1.92. The van der Waals surface area contributed by atoms with Crippen LogP contribution in [0, 0.1) is 5.92 Å². The molecule has 0 amide bonds. The van der Waals surface area contributed by atoms with Gasteiger partial charge in [0.25, 0.3) is 0 Å². The molecular formula is C15H18O4. The lowest BCUT2D eigenvalue weighted by Gasteiger charge is -2.22. The van der Waals surface area contributed by atoms with Gasteiger partial charge in [0, 0.05) is 12.0 Å². The molecule has 1 saturated heterocycles. The van der Waals surface area contributed by atoms with E-state index in [-0.39, 0.29) is 5.57 Å². The summed E-state index contributed by atoms with van der Waals surface area (Å²) in [6.45, 7) is 5.63. The number of aliphatic hydroxyl groups is 1. The highest BCUT2D eigenvalue weighted by Crippen LogP contribution is 2.34. The zero-order valence-electron chi connectivity index (χ0n) is 11.0. The molecule has 3 unspecified atom stereocenters. The summed E-state index contributed by atoms with van der Waals surface area (Å²) in [6.07, 6.45) is 4.98. The summed E-state index contributed by atoms with van der Waals surface area (Å²) >= 11 is 0. The number of ether oxygens (including phenoxy) is 1. The van der Waals surface area contributed by atoms with Crippen molar-refractivity contribution < 1.29 is 19.4 Å². The van der Waals surface area contributed by atoms with Gasteiger partial charge in [-0.05, 0) is 25.3 Å². The van der Waals surface area contributed by atoms with Crippen molar-refractivity contribution in [3.05, 3.63) is 35.5 Å². The monoisotopic (exact) mass is 262 g/mol. The minimum absolute atomic E-state index is 0.285. The molecule has 1 aliphatic heterocycles. The maximum Gasteiger partial charge on any atom is 0.334 e. The van der Waals surface area contributed by atoms with Gasteiger partial charge in [0.05, 0.1) is 12.0 Å². The summed E-state index contributed by atoms with van der Waals surface area (Å²) in [7, 11) is 0. The van der Waals surface area contributed by atoms with E-state index >= 15 is 0 Å². The third-order valence-electron chi connectivity index (χ3n) is 3.68. The van der Waals surface area contributed by atoms with Gasteiger partial charge in [-0.1, -0.05) is 24.3 Å². The van der Waals surface area contributed by atoms with Crippen LogP contribution >= 0.6 is 0 Å². The first-order chi connectivity index (χ1) is 9.02. The van der Waals surface area contributed by atoms with Crippen LogP contribution in [0.1, 0.15) is 26.2 Å². The van der Waals surface area contributed by atoms with Gasteiger partial charge < -0.3 is 9.84 Å². The van der Waals surface area contributed by atoms with Crippen LogP contribution < -0.4 is 0 Å². The molecule has 19 heavy (non-hydrogen) atoms. The SMILES string of the molecule is C=C1C(=O)OC2C/C(C=O)=C\CC/C(C)=C\C(O)C12. The van der Waals surface area contributed by atoms with Crippen LogP contribution in [0.25, 0.3) is 0 Å². The number of esters is 1. The van der Waals surface area contributed by atoms with E-state index in [1.807, 2.05) is 13.0 Å². The second kappa shape index (κ2) is 5.53. The normalized spacial score (nSPS) is 37.5. The van der Waals surface area contributed by atoms with Crippen molar-refractivity contribution in [2.45, 2.75) is 38.4 Å². The maximum absolute atomic E-state index is 11.6. The number of carbonyl (C=O) groups is 2. The Balaban J connectivity index is 2.35. The van der Waals surface area contributed by atoms with Crippen LogP contribution in [0.2, 0.25) is 0 Å². The Bertz CT molecular complexity index is 473. The molecule has 1 heterocycles. The van der Waals surface area contributed by atoms with E-state index in [1.165, 1.54) is 0 Å². The predicted molar refractivity (Wildman–Crippen MR) is 70.3 cm³/mol. The fourth-order valence-electron chi connectivity index (χ4n) is 2.62. The lowest BCUT2D eigenvalue weighted by Crippen LogP contribution is -2.29. The number of aldehydes is 1. The first-order valence-electron chi connectivity index (χ1n) is 6.42. The molecule has 0 aromatic carbocycles. The minimum Gasteiger partial charge on any atom is -0.458 e. The minimum atomic E-state index is -0.796. The van der Waals surface area contributed by atoms with E-state index < -0.39 is 24.1 Å². The molecule has 2 aliphatic rings. The van der Waals surface area contributed by atoms with Crippen LogP contribution in [0.4, 0.5) is 0 Å². The quantitative estimate of drug-likeness (QED) is 0.338. The van der Waals surface area contributed by atoms with Crippen molar-refractivity contribution in [3.8, 4) is 0 Å². The van der Waals surface area contributed by atoms with Gasteiger partial charge in [0.1, 0.15) is 12.4 Å². The number of allylic oxidation sites excluding steroid dienone is 2. The van der Waals surface area contributed by atoms with E-state index in [1.54, 1.807) is 6.08 Å². The van der Waals surface area contributed by atoms with Gasteiger partial charge in [-0.25, -0.2) is 4.79 Å². The molecule has 0 bridgehead atoms. The molecule has 0 spiro atoms. The number of fused-ring (bicyclic) bond motifs is 1. The highest BCUT2D eigenvalue weighted by Gasteiger charge is 2.42. The van der Waals surface area contributed by atoms with E-state index in [0.29, 0.717) is 12.0 Å². The van der Waals surface area contributed by atoms with Crippen LogP contribution in [0.15, 0.2) is 35.5 Å². The van der Waals surface area contributed by atoms with Crippen molar-refractivity contribution >= 4 is 12.3 Å². The summed E-state index contributed by atoms with van der Waals surface area (Å²) in [6, 6.07) is 0. The fourth-order valence-corrected chi connectivity index (χ4v) is 2.62. The second-order valence-electron chi connectivity index (χ2n) is 5.14. The molecule has 0 saturated carbocycles. The van der Waals surface area contributed by atoms with Crippen LogP contribution in [-0.2, 0) is 14.3 Å². The number of rotatable bonds is 1. The molecule has 3 atom stereocenters. The Kier molecular flexibility index (Phi) is 4.00. The molecular weight excluding hydrogens is 244 g/mol. The lowest BCUT2D eigenvalue weighted by molar-refractivity contribution is -0.139. The van der Waals surface area contributed by atoms with Gasteiger partial charge in [-0.3, -0.25) is 4.79 Å². The van der Waals surface area contributed by atoms with Crippen molar-refractivity contribution in [1.29, 1.82) is 0 Å². The van der Waals surface area contributed by atoms with Crippen LogP contribution in [-0.4, -0.2) is 29.6 Å². The third kappa shape index (κ3) is 2.84. The smallest absolute Gasteiger partial charge is 0.334 e. The molecule has 0 aromatic rings. The molecule has 2 rings (SSSR count). The largest absolute Gasteiger partial charge is 0.458 e. The van der Waals surface area contributed by atoms with Gasteiger partial charge in [-0.2, -0.15) is 0 Å². The number of hydrogen-bond acceptors (Lipinski definition) is 4. The predicted octanol–water partition coefficient (Wildman–Crippen LogP) is 1.70. The van der Waals surface area contributed by atoms with Crippen LogP contribution in [0.5, 0.6) is 0 Å². The Morgan fingerprint density at radius 2 is 2.26 bits per heavy atom. The van der Waals surface area contributed by atoms with E-state index in [0.717, 1.165) is 24.7 Å². The highest BCUT2D eigenvalue weighted by molar-refractivity contribution is 5.91. The van der Waals surface area contributed by atoms with E-state index in [2.05, 4.69) is 6.58 Å². The van der Waals surface area contributed by atoms with E-state index in [9.17, 15) is 14.7 Å². The standard InChI is InChI=1S/C15H18O4/c1-9-4-3-5-11(8-16)7-13-14(12(17)6-9)10(2)15(18)19-13/h5-6,8,12-14,17H,2-4,7H2,1H3/b9-6-,11-5+. The molecule has 4 nitrogen and oxygen atoms in total. The molecule has 4 heteroatoms. The zero-order chi connectivity index (χ0) is 14.0. The summed E-state index contributed by atoms with van der Waals surface area (Å²) in [5.74, 6) is -0.950. The van der Waals surface area contributed by atoms with Crippen LogP contribution in [0.3, 0.4) is 0 Å². The van der Waals surface area contributed by atoms with Gasteiger partial charge in [-0.15, -0.1) is 0 Å². The van der Waals surface area contributed by atoms with Crippen molar-refractivity contribution in [1.82, 2.24) is 0 Å².